The number of nitrogens with zero attached hydrogens (tertiary/aromatic N) is 1. The molecule has 3 aliphatic rings. The summed E-state index contributed by atoms with van der Waals surface area (Å²) in [5, 5.41) is 2.91. The molecule has 1 fully saturated rings. The smallest absolute Gasteiger partial charge is 0.0536 e. The summed E-state index contributed by atoms with van der Waals surface area (Å²) in [5.41, 5.74) is 18.3. The molecule has 0 N–H and O–H groups in total. The Hall–Kier alpha value is -5.92. The molecule has 0 spiro atoms. The van der Waals surface area contributed by atoms with Crippen molar-refractivity contribution in [3.05, 3.63) is 196 Å². The van der Waals surface area contributed by atoms with E-state index in [0.29, 0.717) is 5.92 Å². The van der Waals surface area contributed by atoms with E-state index >= 15 is 0 Å². The minimum Gasteiger partial charge on any atom is -0.310 e. The van der Waals surface area contributed by atoms with Crippen LogP contribution in [0.25, 0.3) is 45.0 Å². The Labute approximate surface area is 332 Å². The second-order valence-corrected chi connectivity index (χ2v) is 16.6. The average Bonchev–Trinajstić information content (AvgIpc) is 3.50. The van der Waals surface area contributed by atoms with Crippen LogP contribution in [-0.4, -0.2) is 0 Å². The number of benzene rings is 7. The van der Waals surface area contributed by atoms with Gasteiger partial charge in [0.05, 0.1) is 5.69 Å². The van der Waals surface area contributed by atoms with Crippen LogP contribution in [0.2, 0.25) is 0 Å². The van der Waals surface area contributed by atoms with E-state index < -0.39 is 0 Å². The molecule has 0 amide bonds. The number of anilines is 3. The normalized spacial score (nSPS) is 15.7. The van der Waals surface area contributed by atoms with Gasteiger partial charge in [-0.05, 0) is 128 Å². The maximum Gasteiger partial charge on any atom is 0.0536 e. The minimum absolute atomic E-state index is 0.0926. The summed E-state index contributed by atoms with van der Waals surface area (Å²) in [6.07, 6.45) is 11.2. The lowest BCUT2D eigenvalue weighted by atomic mass is 9.80. The fraction of sp³-hybridized carbons (Fsp3) is 0.200. The van der Waals surface area contributed by atoms with Crippen molar-refractivity contribution in [2.24, 2.45) is 0 Å². The molecule has 1 heteroatoms. The van der Waals surface area contributed by atoms with Gasteiger partial charge in [0.1, 0.15) is 0 Å². The van der Waals surface area contributed by atoms with Crippen molar-refractivity contribution >= 4 is 28.7 Å². The highest BCUT2D eigenvalue weighted by atomic mass is 15.1. The first-order valence-electron chi connectivity index (χ1n) is 20.8. The van der Waals surface area contributed by atoms with Crippen LogP contribution in [0.15, 0.2) is 164 Å². The molecule has 56 heavy (non-hydrogen) atoms. The van der Waals surface area contributed by atoms with Gasteiger partial charge < -0.3 is 4.90 Å². The van der Waals surface area contributed by atoms with Crippen LogP contribution in [0.3, 0.4) is 0 Å². The molecular weight excluding hydrogens is 675 g/mol. The van der Waals surface area contributed by atoms with Gasteiger partial charge in [-0.1, -0.05) is 173 Å². The molecule has 0 aromatic heterocycles. The number of rotatable bonds is 7. The van der Waals surface area contributed by atoms with Crippen molar-refractivity contribution in [3.8, 4) is 33.4 Å². The topological polar surface area (TPSA) is 3.24 Å². The van der Waals surface area contributed by atoms with Crippen molar-refractivity contribution in [3.63, 3.8) is 0 Å². The predicted octanol–water partition coefficient (Wildman–Crippen LogP) is 13.6. The number of fused-ring (bicyclic) bond motifs is 4. The van der Waals surface area contributed by atoms with Crippen molar-refractivity contribution in [1.29, 1.82) is 0 Å². The lowest BCUT2D eigenvalue weighted by molar-refractivity contribution is 0.442. The third-order valence-corrected chi connectivity index (χ3v) is 13.0. The van der Waals surface area contributed by atoms with Gasteiger partial charge in [-0.3, -0.25) is 0 Å². The molecule has 0 aliphatic heterocycles. The highest BCUT2D eigenvalue weighted by Gasteiger charge is 2.36. The van der Waals surface area contributed by atoms with Gasteiger partial charge in [-0.15, -0.1) is 0 Å². The number of hydrogen-bond donors (Lipinski definition) is 0. The molecule has 1 saturated carbocycles. The summed E-state index contributed by atoms with van der Waals surface area (Å²) < 4.78 is 0. The highest BCUT2D eigenvalue weighted by molar-refractivity contribution is 5.90. The SMILES string of the molecule is CC1(C)c2ccccc2-c2ccc(N(c3ccc(-c4ccc(-c5ccccc5)cc4)cc3)c3ccccc3C3=c4c(C5CCCCC5)cccc4=CCC3)cc21. The summed E-state index contributed by atoms with van der Waals surface area (Å²) in [6.45, 7) is 4.77. The maximum atomic E-state index is 2.53. The van der Waals surface area contributed by atoms with Gasteiger partial charge in [0, 0.05) is 22.4 Å². The monoisotopic (exact) mass is 723 g/mol. The lowest BCUT2D eigenvalue weighted by Gasteiger charge is -2.31. The lowest BCUT2D eigenvalue weighted by Crippen LogP contribution is -2.35. The Morgan fingerprint density at radius 1 is 0.500 bits per heavy atom. The molecule has 7 aromatic carbocycles. The van der Waals surface area contributed by atoms with E-state index in [1.54, 1.807) is 5.56 Å². The van der Waals surface area contributed by atoms with Gasteiger partial charge in [0.2, 0.25) is 0 Å². The third kappa shape index (κ3) is 6.02. The molecule has 0 saturated heterocycles. The van der Waals surface area contributed by atoms with E-state index in [1.807, 2.05) is 0 Å². The average molecular weight is 724 g/mol. The zero-order chi connectivity index (χ0) is 37.6. The molecule has 1 nitrogen and oxygen atoms in total. The summed E-state index contributed by atoms with van der Waals surface area (Å²) >= 11 is 0. The van der Waals surface area contributed by atoms with Crippen LogP contribution in [0.5, 0.6) is 0 Å². The second-order valence-electron chi connectivity index (χ2n) is 16.6. The van der Waals surface area contributed by atoms with Gasteiger partial charge in [-0.25, -0.2) is 0 Å². The van der Waals surface area contributed by atoms with E-state index in [4.69, 9.17) is 0 Å². The van der Waals surface area contributed by atoms with Crippen molar-refractivity contribution in [2.75, 3.05) is 4.90 Å². The van der Waals surface area contributed by atoms with Crippen LogP contribution in [0, 0.1) is 0 Å². The Bertz CT molecular complexity index is 2680. The highest BCUT2D eigenvalue weighted by Crippen LogP contribution is 2.51. The van der Waals surface area contributed by atoms with Crippen molar-refractivity contribution in [1.82, 2.24) is 0 Å². The molecule has 7 aromatic rings. The van der Waals surface area contributed by atoms with E-state index in [2.05, 4.69) is 189 Å². The second kappa shape index (κ2) is 14.3. The zero-order valence-electron chi connectivity index (χ0n) is 32.6. The van der Waals surface area contributed by atoms with Gasteiger partial charge >= 0.3 is 0 Å². The molecule has 274 valence electrons. The van der Waals surface area contributed by atoms with E-state index in [-0.39, 0.29) is 5.41 Å². The summed E-state index contributed by atoms with van der Waals surface area (Å²) in [4.78, 5) is 2.53. The fourth-order valence-electron chi connectivity index (χ4n) is 10.1. The van der Waals surface area contributed by atoms with Crippen molar-refractivity contribution in [2.45, 2.75) is 70.1 Å². The molecule has 10 rings (SSSR count). The third-order valence-electron chi connectivity index (χ3n) is 13.0. The van der Waals surface area contributed by atoms with Gasteiger partial charge in [0.25, 0.3) is 0 Å². The predicted molar refractivity (Wildman–Crippen MR) is 237 cm³/mol. The fourth-order valence-corrected chi connectivity index (χ4v) is 10.1. The standard InChI is InChI=1S/C55H49N/c1-55(2)51-25-11-9-21-47(51)48-36-35-45(37-52(48)55)56(44-33-31-41(32-34-44)40-29-27-39(28-30-40)38-15-5-3-6-16-38)53-26-12-10-22-49(53)50-24-14-20-43-19-13-23-46(54(43)50)42-17-7-4-8-18-42/h3,5-6,9-13,15-16,19-23,25-37,42H,4,7-8,14,17-18,24H2,1-2H3. The first-order valence-corrected chi connectivity index (χ1v) is 20.8. The first kappa shape index (κ1) is 34.6. The van der Waals surface area contributed by atoms with Gasteiger partial charge in [-0.2, -0.15) is 0 Å². The van der Waals surface area contributed by atoms with Crippen LogP contribution >= 0.6 is 0 Å². The Morgan fingerprint density at radius 3 is 1.86 bits per heavy atom. The Kier molecular flexibility index (Phi) is 8.82. The van der Waals surface area contributed by atoms with Gasteiger partial charge in [0.15, 0.2) is 0 Å². The van der Waals surface area contributed by atoms with E-state index in [0.717, 1.165) is 12.8 Å². The van der Waals surface area contributed by atoms with Crippen LogP contribution in [0.4, 0.5) is 17.1 Å². The summed E-state index contributed by atoms with van der Waals surface area (Å²) in [6, 6.07) is 61.3. The first-order chi connectivity index (χ1) is 27.5. The Morgan fingerprint density at radius 2 is 1.11 bits per heavy atom. The maximum absolute atomic E-state index is 2.53. The van der Waals surface area contributed by atoms with E-state index in [9.17, 15) is 0 Å². The summed E-state index contributed by atoms with van der Waals surface area (Å²) in [7, 11) is 0. The molecule has 0 radical (unpaired) electrons. The molecule has 0 unspecified atom stereocenters. The van der Waals surface area contributed by atoms with E-state index in [1.165, 1.54) is 115 Å². The van der Waals surface area contributed by atoms with Crippen LogP contribution in [-0.2, 0) is 5.41 Å². The Balaban J connectivity index is 1.13. The zero-order valence-corrected chi connectivity index (χ0v) is 32.6. The molecule has 3 aliphatic carbocycles. The quantitative estimate of drug-likeness (QED) is 0.158. The molecule has 0 atom stereocenters. The van der Waals surface area contributed by atoms with Crippen LogP contribution < -0.4 is 15.3 Å². The molecule has 0 bridgehead atoms. The number of para-hydroxylation sites is 1. The van der Waals surface area contributed by atoms with Crippen molar-refractivity contribution < 1.29 is 0 Å². The molecular formula is C55H49N. The number of hydrogen-bond acceptors (Lipinski definition) is 1. The largest absolute Gasteiger partial charge is 0.310 e. The summed E-state index contributed by atoms with van der Waals surface area (Å²) in [5.74, 6) is 0.637. The van der Waals surface area contributed by atoms with Crippen LogP contribution in [0.1, 0.15) is 87.0 Å². The molecule has 0 heterocycles. The minimum atomic E-state index is -0.0926.